The Hall–Kier alpha value is -1.20. The van der Waals surface area contributed by atoms with E-state index in [1.807, 2.05) is 32.0 Å². The molecule has 0 aliphatic rings. The maximum Gasteiger partial charge on any atom is 0.163 e. The molecule has 0 aliphatic heterocycles. The number of rotatable bonds is 7. The first-order valence-electron chi connectivity index (χ1n) is 6.59. The maximum absolute atomic E-state index is 5.62. The Morgan fingerprint density at radius 1 is 1.10 bits per heavy atom. The first-order valence-corrected chi connectivity index (χ1v) is 8.26. The molecule has 1 heterocycles. The molecule has 0 saturated heterocycles. The molecule has 3 nitrogen and oxygen atoms in total. The maximum atomic E-state index is 5.62. The molecule has 0 saturated carbocycles. The minimum atomic E-state index is 0.626. The van der Waals surface area contributed by atoms with Crippen LogP contribution >= 0.6 is 27.3 Å². The lowest BCUT2D eigenvalue weighted by atomic mass is 10.2. The van der Waals surface area contributed by atoms with Gasteiger partial charge in [-0.2, -0.15) is 0 Å². The molecule has 0 amide bonds. The second-order valence-electron chi connectivity index (χ2n) is 4.11. The summed E-state index contributed by atoms with van der Waals surface area (Å²) < 4.78 is 12.3. The van der Waals surface area contributed by atoms with Crippen molar-refractivity contribution in [2.45, 2.75) is 20.4 Å². The predicted octanol–water partition coefficient (Wildman–Crippen LogP) is 4.92. The number of hydrogen-bond donors (Lipinski definition) is 1. The van der Waals surface area contributed by atoms with Crippen molar-refractivity contribution in [3.05, 3.63) is 39.0 Å². The van der Waals surface area contributed by atoms with Crippen LogP contribution in [0.5, 0.6) is 11.5 Å². The van der Waals surface area contributed by atoms with E-state index in [2.05, 4.69) is 32.7 Å². The second kappa shape index (κ2) is 7.55. The van der Waals surface area contributed by atoms with E-state index in [4.69, 9.17) is 9.47 Å². The zero-order valence-electron chi connectivity index (χ0n) is 11.6. The van der Waals surface area contributed by atoms with Crippen LogP contribution in [0.3, 0.4) is 0 Å². The van der Waals surface area contributed by atoms with Crippen LogP contribution in [0.15, 0.2) is 34.1 Å². The smallest absolute Gasteiger partial charge is 0.163 e. The average molecular weight is 356 g/mol. The average Bonchev–Trinajstić information content (AvgIpc) is 2.85. The van der Waals surface area contributed by atoms with Crippen molar-refractivity contribution in [2.75, 3.05) is 18.5 Å². The second-order valence-corrected chi connectivity index (χ2v) is 6.02. The molecule has 2 aromatic rings. The molecule has 1 aromatic heterocycles. The van der Waals surface area contributed by atoms with Gasteiger partial charge >= 0.3 is 0 Å². The Balaban J connectivity index is 2.05. The van der Waals surface area contributed by atoms with Gasteiger partial charge in [-0.1, -0.05) is 0 Å². The monoisotopic (exact) mass is 355 g/mol. The van der Waals surface area contributed by atoms with E-state index in [0.717, 1.165) is 28.2 Å². The van der Waals surface area contributed by atoms with Crippen LogP contribution in [-0.4, -0.2) is 13.2 Å². The minimum absolute atomic E-state index is 0.626. The van der Waals surface area contributed by atoms with Gasteiger partial charge in [-0.3, -0.25) is 0 Å². The van der Waals surface area contributed by atoms with Crippen molar-refractivity contribution < 1.29 is 9.47 Å². The summed E-state index contributed by atoms with van der Waals surface area (Å²) in [5.74, 6) is 1.57. The molecular weight excluding hydrogens is 338 g/mol. The Kier molecular flexibility index (Phi) is 5.73. The highest BCUT2D eigenvalue weighted by atomic mass is 79.9. The van der Waals surface area contributed by atoms with E-state index in [-0.39, 0.29) is 0 Å². The molecular formula is C15H18BrNO2S. The number of anilines is 1. The third-order valence-electron chi connectivity index (χ3n) is 2.63. The fourth-order valence-electron chi connectivity index (χ4n) is 1.80. The van der Waals surface area contributed by atoms with Gasteiger partial charge in [0, 0.05) is 33.0 Å². The molecule has 0 unspecified atom stereocenters. The topological polar surface area (TPSA) is 30.5 Å². The van der Waals surface area contributed by atoms with E-state index in [9.17, 15) is 0 Å². The van der Waals surface area contributed by atoms with Crippen molar-refractivity contribution in [2.24, 2.45) is 0 Å². The van der Waals surface area contributed by atoms with E-state index in [0.29, 0.717) is 13.2 Å². The highest BCUT2D eigenvalue weighted by Gasteiger charge is 2.06. The number of nitrogens with one attached hydrogen (secondary N) is 1. The molecule has 1 N–H and O–H groups in total. The summed E-state index contributed by atoms with van der Waals surface area (Å²) >= 11 is 5.19. The van der Waals surface area contributed by atoms with Crippen LogP contribution in [0.4, 0.5) is 5.69 Å². The van der Waals surface area contributed by atoms with Gasteiger partial charge in [0.15, 0.2) is 11.5 Å². The Labute approximate surface area is 132 Å². The van der Waals surface area contributed by atoms with Gasteiger partial charge in [0.25, 0.3) is 0 Å². The molecule has 5 heteroatoms. The molecule has 0 fully saturated rings. The van der Waals surface area contributed by atoms with Crippen LogP contribution in [0, 0.1) is 0 Å². The molecule has 108 valence electrons. The molecule has 0 aliphatic carbocycles. The zero-order chi connectivity index (χ0) is 14.4. The van der Waals surface area contributed by atoms with Crippen LogP contribution < -0.4 is 14.8 Å². The van der Waals surface area contributed by atoms with Crippen molar-refractivity contribution in [3.8, 4) is 11.5 Å². The van der Waals surface area contributed by atoms with Crippen molar-refractivity contribution in [1.82, 2.24) is 0 Å². The van der Waals surface area contributed by atoms with Gasteiger partial charge in [0.1, 0.15) is 0 Å². The normalized spacial score (nSPS) is 10.3. The molecule has 0 radical (unpaired) electrons. The Morgan fingerprint density at radius 2 is 1.85 bits per heavy atom. The number of hydrogen-bond acceptors (Lipinski definition) is 4. The molecule has 0 atom stereocenters. The quantitative estimate of drug-likeness (QED) is 0.764. The van der Waals surface area contributed by atoms with Gasteiger partial charge in [0.05, 0.1) is 13.2 Å². The fourth-order valence-corrected chi connectivity index (χ4v) is 3.19. The summed E-state index contributed by atoms with van der Waals surface area (Å²) in [6.45, 7) is 6.00. The number of halogens is 1. The van der Waals surface area contributed by atoms with Gasteiger partial charge in [-0.05, 0) is 48.0 Å². The van der Waals surface area contributed by atoms with E-state index >= 15 is 0 Å². The fraction of sp³-hybridized carbons (Fsp3) is 0.333. The number of ether oxygens (including phenoxy) is 2. The largest absolute Gasteiger partial charge is 0.490 e. The Bertz CT molecular complexity index is 557. The highest BCUT2D eigenvalue weighted by molar-refractivity contribution is 9.10. The van der Waals surface area contributed by atoms with Gasteiger partial charge in [0.2, 0.25) is 0 Å². The van der Waals surface area contributed by atoms with Crippen LogP contribution in [0.2, 0.25) is 0 Å². The highest BCUT2D eigenvalue weighted by Crippen LogP contribution is 2.31. The van der Waals surface area contributed by atoms with Gasteiger partial charge in [-0.15, -0.1) is 11.3 Å². The number of thiophene rings is 1. The van der Waals surface area contributed by atoms with E-state index < -0.39 is 0 Å². The molecule has 0 bridgehead atoms. The first kappa shape index (κ1) is 15.2. The third-order valence-corrected chi connectivity index (χ3v) is 4.33. The summed E-state index contributed by atoms with van der Waals surface area (Å²) in [4.78, 5) is 1.28. The zero-order valence-corrected chi connectivity index (χ0v) is 14.0. The molecule has 0 spiro atoms. The molecule has 20 heavy (non-hydrogen) atoms. The summed E-state index contributed by atoms with van der Waals surface area (Å²) in [7, 11) is 0. The lowest BCUT2D eigenvalue weighted by Gasteiger charge is -2.13. The van der Waals surface area contributed by atoms with E-state index in [1.54, 1.807) is 11.3 Å². The Morgan fingerprint density at radius 3 is 2.50 bits per heavy atom. The van der Waals surface area contributed by atoms with Crippen LogP contribution in [-0.2, 0) is 6.54 Å². The molecule has 1 aromatic carbocycles. The standard InChI is InChI=1S/C15H18BrNO2S/c1-3-18-14-6-5-12(8-15(14)19-4-2)17-9-13-7-11(16)10-20-13/h5-8,10,17H,3-4,9H2,1-2H3. The molecule has 2 rings (SSSR count). The predicted molar refractivity (Wildman–Crippen MR) is 88.1 cm³/mol. The SMILES string of the molecule is CCOc1ccc(NCc2cc(Br)cs2)cc1OCC. The van der Waals surface area contributed by atoms with Crippen molar-refractivity contribution in [1.29, 1.82) is 0 Å². The lowest BCUT2D eigenvalue weighted by molar-refractivity contribution is 0.288. The third kappa shape index (κ3) is 4.15. The minimum Gasteiger partial charge on any atom is -0.490 e. The summed E-state index contributed by atoms with van der Waals surface area (Å²) in [6, 6.07) is 8.06. The van der Waals surface area contributed by atoms with Crippen LogP contribution in [0.1, 0.15) is 18.7 Å². The van der Waals surface area contributed by atoms with Crippen molar-refractivity contribution >= 4 is 33.0 Å². The van der Waals surface area contributed by atoms with Gasteiger partial charge in [-0.25, -0.2) is 0 Å². The van der Waals surface area contributed by atoms with Crippen LogP contribution in [0.25, 0.3) is 0 Å². The van der Waals surface area contributed by atoms with E-state index in [1.165, 1.54) is 4.88 Å². The summed E-state index contributed by atoms with van der Waals surface area (Å²) in [5, 5.41) is 5.48. The lowest BCUT2D eigenvalue weighted by Crippen LogP contribution is -2.01. The number of benzene rings is 1. The van der Waals surface area contributed by atoms with Gasteiger partial charge < -0.3 is 14.8 Å². The summed E-state index contributed by atoms with van der Waals surface area (Å²) in [6.07, 6.45) is 0. The summed E-state index contributed by atoms with van der Waals surface area (Å²) in [5.41, 5.74) is 1.03. The first-order chi connectivity index (χ1) is 9.72. The van der Waals surface area contributed by atoms with Crippen molar-refractivity contribution in [3.63, 3.8) is 0 Å².